The number of hydrogen-bond donors (Lipinski definition) is 0. The van der Waals surface area contributed by atoms with Gasteiger partial charge in [-0.25, -0.2) is 4.98 Å². The van der Waals surface area contributed by atoms with E-state index in [1.165, 1.54) is 25.7 Å². The average Bonchev–Trinajstić information content (AvgIpc) is 2.79. The summed E-state index contributed by atoms with van der Waals surface area (Å²) in [6.45, 7) is 4.28. The lowest BCUT2D eigenvalue weighted by Crippen LogP contribution is -2.44. The molecular weight excluding hydrogens is 234 g/mol. The van der Waals surface area contributed by atoms with Crippen LogP contribution in [0, 0.1) is 6.92 Å². The van der Waals surface area contributed by atoms with Gasteiger partial charge in [0.1, 0.15) is 5.82 Å². The molecule has 0 radical (unpaired) electrons. The zero-order valence-electron chi connectivity index (χ0n) is 10.3. The van der Waals surface area contributed by atoms with Crippen LogP contribution in [0.1, 0.15) is 31.5 Å². The number of alkyl halides is 1. The minimum Gasteiger partial charge on any atom is -0.334 e. The molecule has 17 heavy (non-hydrogen) atoms. The van der Waals surface area contributed by atoms with Crippen LogP contribution in [0.2, 0.25) is 0 Å². The van der Waals surface area contributed by atoms with E-state index < -0.39 is 0 Å². The topological polar surface area (TPSA) is 21.1 Å². The molecule has 2 saturated heterocycles. The van der Waals surface area contributed by atoms with Gasteiger partial charge in [-0.2, -0.15) is 0 Å². The monoisotopic (exact) mass is 253 g/mol. The van der Waals surface area contributed by atoms with E-state index in [9.17, 15) is 0 Å². The number of rotatable bonds is 3. The van der Waals surface area contributed by atoms with Gasteiger partial charge in [0.25, 0.3) is 0 Å². The fourth-order valence-corrected chi connectivity index (χ4v) is 3.85. The van der Waals surface area contributed by atoms with Crippen molar-refractivity contribution in [1.29, 1.82) is 0 Å². The Labute approximate surface area is 108 Å². The van der Waals surface area contributed by atoms with Crippen LogP contribution in [-0.2, 0) is 6.54 Å². The summed E-state index contributed by atoms with van der Waals surface area (Å²) in [6.07, 6.45) is 9.01. The van der Waals surface area contributed by atoms with E-state index in [0.717, 1.165) is 31.0 Å². The molecule has 3 rings (SSSR count). The van der Waals surface area contributed by atoms with Crippen molar-refractivity contribution in [1.82, 2.24) is 14.5 Å². The first-order chi connectivity index (χ1) is 8.24. The quantitative estimate of drug-likeness (QED) is 0.772. The number of halogens is 1. The number of hydrogen-bond acceptors (Lipinski definition) is 2. The van der Waals surface area contributed by atoms with Crippen molar-refractivity contribution in [2.24, 2.45) is 0 Å². The van der Waals surface area contributed by atoms with Gasteiger partial charge in [0.15, 0.2) is 0 Å². The minimum absolute atomic E-state index is 0.415. The van der Waals surface area contributed by atoms with E-state index in [1.54, 1.807) is 0 Å². The predicted octanol–water partition coefficient (Wildman–Crippen LogP) is 2.43. The van der Waals surface area contributed by atoms with Crippen LogP contribution < -0.4 is 0 Å². The van der Waals surface area contributed by atoms with Crippen molar-refractivity contribution in [2.75, 3.05) is 6.54 Å². The molecule has 2 aliphatic rings. The molecule has 2 atom stereocenters. The second-order valence-corrected chi connectivity index (χ2v) is 5.98. The summed E-state index contributed by atoms with van der Waals surface area (Å²) in [7, 11) is 0. The van der Waals surface area contributed by atoms with Crippen LogP contribution in [0.3, 0.4) is 0 Å². The first-order valence-electron chi connectivity index (χ1n) is 6.61. The van der Waals surface area contributed by atoms with Crippen LogP contribution in [0.4, 0.5) is 0 Å². The summed E-state index contributed by atoms with van der Waals surface area (Å²) in [5.74, 6) is 1.12. The standard InChI is InChI=1S/C13H20ClN3/c1-10-15-4-5-16(10)6-7-17-12-2-3-13(17)9-11(14)8-12/h4-5,11-13H,2-3,6-9H2,1H3. The van der Waals surface area contributed by atoms with Crippen LogP contribution in [-0.4, -0.2) is 38.5 Å². The van der Waals surface area contributed by atoms with Crippen molar-refractivity contribution in [3.8, 4) is 0 Å². The second kappa shape index (κ2) is 4.62. The molecule has 0 saturated carbocycles. The van der Waals surface area contributed by atoms with Crippen molar-refractivity contribution in [2.45, 2.75) is 56.6 Å². The zero-order valence-corrected chi connectivity index (χ0v) is 11.1. The molecule has 3 nitrogen and oxygen atoms in total. The van der Waals surface area contributed by atoms with Gasteiger partial charge in [0.2, 0.25) is 0 Å². The Kier molecular flexibility index (Phi) is 3.14. The Morgan fingerprint density at radius 2 is 2.00 bits per heavy atom. The minimum atomic E-state index is 0.415. The molecule has 4 heteroatoms. The first-order valence-corrected chi connectivity index (χ1v) is 7.05. The van der Waals surface area contributed by atoms with Crippen LogP contribution >= 0.6 is 11.6 Å². The van der Waals surface area contributed by atoms with Gasteiger partial charge in [-0.15, -0.1) is 11.6 Å². The van der Waals surface area contributed by atoms with E-state index in [2.05, 4.69) is 27.6 Å². The summed E-state index contributed by atoms with van der Waals surface area (Å²) in [6, 6.07) is 1.47. The second-order valence-electron chi connectivity index (χ2n) is 5.36. The molecule has 94 valence electrons. The van der Waals surface area contributed by atoms with E-state index >= 15 is 0 Å². The molecule has 3 heterocycles. The molecule has 0 N–H and O–H groups in total. The third-order valence-electron chi connectivity index (χ3n) is 4.35. The molecule has 2 fully saturated rings. The lowest BCUT2D eigenvalue weighted by molar-refractivity contribution is 0.137. The summed E-state index contributed by atoms with van der Waals surface area (Å²) in [5, 5.41) is 0.415. The van der Waals surface area contributed by atoms with Crippen LogP contribution in [0.25, 0.3) is 0 Å². The van der Waals surface area contributed by atoms with Crippen LogP contribution in [0.15, 0.2) is 12.4 Å². The molecule has 2 unspecified atom stereocenters. The summed E-state index contributed by atoms with van der Waals surface area (Å²) >= 11 is 6.29. The first kappa shape index (κ1) is 11.5. The molecule has 0 amide bonds. The van der Waals surface area contributed by atoms with E-state index in [-0.39, 0.29) is 0 Å². The number of aromatic nitrogens is 2. The van der Waals surface area contributed by atoms with Crippen LogP contribution in [0.5, 0.6) is 0 Å². The number of imidazole rings is 1. The van der Waals surface area contributed by atoms with Crippen molar-refractivity contribution < 1.29 is 0 Å². The highest BCUT2D eigenvalue weighted by Crippen LogP contribution is 2.37. The van der Waals surface area contributed by atoms with Gasteiger partial charge in [-0.05, 0) is 32.6 Å². The third-order valence-corrected chi connectivity index (χ3v) is 4.71. The smallest absolute Gasteiger partial charge is 0.105 e. The lowest BCUT2D eigenvalue weighted by Gasteiger charge is -2.37. The van der Waals surface area contributed by atoms with Gasteiger partial charge in [-0.1, -0.05) is 0 Å². The van der Waals surface area contributed by atoms with Crippen molar-refractivity contribution >= 4 is 11.6 Å². The summed E-state index contributed by atoms with van der Waals surface area (Å²) < 4.78 is 2.24. The molecule has 0 aliphatic carbocycles. The molecule has 2 aliphatic heterocycles. The molecule has 1 aromatic rings. The summed E-state index contributed by atoms with van der Waals surface area (Å²) in [4.78, 5) is 6.95. The highest BCUT2D eigenvalue weighted by atomic mass is 35.5. The lowest BCUT2D eigenvalue weighted by atomic mass is 10.0. The van der Waals surface area contributed by atoms with Crippen molar-refractivity contribution in [3.05, 3.63) is 18.2 Å². The number of nitrogens with zero attached hydrogens (tertiary/aromatic N) is 3. The Morgan fingerprint density at radius 1 is 1.29 bits per heavy atom. The predicted molar refractivity (Wildman–Crippen MR) is 69.4 cm³/mol. The van der Waals surface area contributed by atoms with Gasteiger partial charge in [-0.3, -0.25) is 4.90 Å². The molecule has 2 bridgehead atoms. The number of piperidine rings is 1. The number of aryl methyl sites for hydroxylation is 1. The molecule has 0 spiro atoms. The fourth-order valence-electron chi connectivity index (χ4n) is 3.44. The van der Waals surface area contributed by atoms with Crippen molar-refractivity contribution in [3.63, 3.8) is 0 Å². The molecule has 0 aromatic carbocycles. The SMILES string of the molecule is Cc1nccn1CCN1C2CCC1CC(Cl)C2. The average molecular weight is 254 g/mol. The largest absolute Gasteiger partial charge is 0.334 e. The Hall–Kier alpha value is -0.540. The Bertz CT molecular complexity index is 376. The fraction of sp³-hybridized carbons (Fsp3) is 0.769. The van der Waals surface area contributed by atoms with Gasteiger partial charge >= 0.3 is 0 Å². The highest BCUT2D eigenvalue weighted by molar-refractivity contribution is 6.20. The van der Waals surface area contributed by atoms with E-state index in [4.69, 9.17) is 11.6 Å². The maximum Gasteiger partial charge on any atom is 0.105 e. The maximum absolute atomic E-state index is 6.29. The normalized spacial score (nSPS) is 33.2. The Balaban J connectivity index is 1.61. The summed E-state index contributed by atoms with van der Waals surface area (Å²) in [5.41, 5.74) is 0. The number of fused-ring (bicyclic) bond motifs is 2. The molecular formula is C13H20ClN3. The maximum atomic E-state index is 6.29. The third kappa shape index (κ3) is 2.23. The Morgan fingerprint density at radius 3 is 2.59 bits per heavy atom. The zero-order chi connectivity index (χ0) is 11.8. The highest BCUT2D eigenvalue weighted by Gasteiger charge is 2.39. The van der Waals surface area contributed by atoms with E-state index in [1.807, 2.05) is 6.20 Å². The molecule has 1 aromatic heterocycles. The van der Waals surface area contributed by atoms with Gasteiger partial charge in [0.05, 0.1) is 0 Å². The van der Waals surface area contributed by atoms with Gasteiger partial charge in [0, 0.05) is 42.9 Å². The van der Waals surface area contributed by atoms with E-state index in [0.29, 0.717) is 5.38 Å². The van der Waals surface area contributed by atoms with Gasteiger partial charge < -0.3 is 4.57 Å².